The van der Waals surface area contributed by atoms with E-state index in [1.807, 2.05) is 19.1 Å². The van der Waals surface area contributed by atoms with Crippen molar-refractivity contribution in [3.05, 3.63) is 35.4 Å². The highest BCUT2D eigenvalue weighted by atomic mass is 16.1. The summed E-state index contributed by atoms with van der Waals surface area (Å²) in [6.07, 6.45) is 0.877. The first kappa shape index (κ1) is 12.7. The van der Waals surface area contributed by atoms with Crippen LogP contribution in [0.3, 0.4) is 0 Å². The fourth-order valence-corrected chi connectivity index (χ4v) is 1.71. The lowest BCUT2D eigenvalue weighted by molar-refractivity contribution is -0.120. The second-order valence-electron chi connectivity index (χ2n) is 4.13. The van der Waals surface area contributed by atoms with Crippen molar-refractivity contribution in [2.24, 2.45) is 0 Å². The summed E-state index contributed by atoms with van der Waals surface area (Å²) in [4.78, 5) is 11.4. The molecule has 0 fully saturated rings. The van der Waals surface area contributed by atoms with Crippen LogP contribution in [0, 0.1) is 6.92 Å². The highest BCUT2D eigenvalue weighted by Gasteiger charge is 2.08. The Bertz CT molecular complexity index is 350. The number of carbonyl (C=O) groups is 1. The number of carbonyl (C=O) groups excluding carboxylic acids is 1. The van der Waals surface area contributed by atoms with Gasteiger partial charge in [0.25, 0.3) is 0 Å². The van der Waals surface area contributed by atoms with Gasteiger partial charge in [0.1, 0.15) is 0 Å². The third-order valence-electron chi connectivity index (χ3n) is 2.53. The van der Waals surface area contributed by atoms with Crippen molar-refractivity contribution < 1.29 is 4.79 Å². The first-order valence-electron chi connectivity index (χ1n) is 5.62. The highest BCUT2D eigenvalue weighted by Crippen LogP contribution is 2.09. The van der Waals surface area contributed by atoms with Crippen LogP contribution in [0.2, 0.25) is 0 Å². The summed E-state index contributed by atoms with van der Waals surface area (Å²) in [5.41, 5.74) is 2.57. The van der Waals surface area contributed by atoms with E-state index in [1.165, 1.54) is 11.1 Å². The van der Waals surface area contributed by atoms with E-state index >= 15 is 0 Å². The summed E-state index contributed by atoms with van der Waals surface area (Å²) in [6, 6.07) is 8.43. The Morgan fingerprint density at radius 3 is 2.69 bits per heavy atom. The number of nitrogens with one attached hydrogen (secondary N) is 2. The third-order valence-corrected chi connectivity index (χ3v) is 2.53. The Kier molecular flexibility index (Phi) is 4.99. The Hall–Kier alpha value is -1.35. The molecule has 0 heterocycles. The molecule has 1 atom stereocenters. The molecule has 0 aliphatic carbocycles. The molecule has 3 heteroatoms. The van der Waals surface area contributed by atoms with Crippen LogP contribution < -0.4 is 10.6 Å². The molecule has 2 N–H and O–H groups in total. The van der Waals surface area contributed by atoms with Gasteiger partial charge < -0.3 is 10.6 Å². The standard InChI is InChI=1S/C13H20N2O/c1-10-6-4-5-7-12(10)8-11(2)15-13(16)9-14-3/h4-7,11,14H,8-9H2,1-3H3,(H,15,16). The molecule has 0 aliphatic heterocycles. The maximum absolute atomic E-state index is 11.4. The van der Waals surface area contributed by atoms with E-state index < -0.39 is 0 Å². The van der Waals surface area contributed by atoms with Crippen molar-refractivity contribution in [1.29, 1.82) is 0 Å². The fraction of sp³-hybridized carbons (Fsp3) is 0.462. The topological polar surface area (TPSA) is 41.1 Å². The van der Waals surface area contributed by atoms with E-state index in [4.69, 9.17) is 0 Å². The summed E-state index contributed by atoms with van der Waals surface area (Å²) in [6.45, 7) is 4.50. The molecule has 1 rings (SSSR count). The molecule has 3 nitrogen and oxygen atoms in total. The van der Waals surface area contributed by atoms with Gasteiger partial charge in [0.05, 0.1) is 6.54 Å². The number of likely N-dealkylation sites (N-methyl/N-ethyl adjacent to an activating group) is 1. The zero-order valence-electron chi connectivity index (χ0n) is 10.2. The predicted octanol–water partition coefficient (Wildman–Crippen LogP) is 1.26. The smallest absolute Gasteiger partial charge is 0.234 e. The van der Waals surface area contributed by atoms with Crippen molar-refractivity contribution in [2.75, 3.05) is 13.6 Å². The first-order chi connectivity index (χ1) is 7.63. The molecule has 1 aromatic carbocycles. The van der Waals surface area contributed by atoms with Gasteiger partial charge in [-0.2, -0.15) is 0 Å². The second-order valence-corrected chi connectivity index (χ2v) is 4.13. The number of hydrogen-bond donors (Lipinski definition) is 2. The normalized spacial score (nSPS) is 12.2. The van der Waals surface area contributed by atoms with E-state index in [0.29, 0.717) is 6.54 Å². The van der Waals surface area contributed by atoms with Gasteiger partial charge in [-0.25, -0.2) is 0 Å². The van der Waals surface area contributed by atoms with Gasteiger partial charge in [-0.3, -0.25) is 4.79 Å². The molecule has 0 radical (unpaired) electrons. The van der Waals surface area contributed by atoms with Gasteiger partial charge in [-0.1, -0.05) is 24.3 Å². The summed E-state index contributed by atoms with van der Waals surface area (Å²) >= 11 is 0. The van der Waals surface area contributed by atoms with E-state index in [9.17, 15) is 4.79 Å². The Morgan fingerprint density at radius 1 is 1.38 bits per heavy atom. The number of aryl methyl sites for hydroxylation is 1. The summed E-state index contributed by atoms with van der Waals surface area (Å²) in [5, 5.41) is 5.79. The molecule has 1 unspecified atom stereocenters. The van der Waals surface area contributed by atoms with Crippen molar-refractivity contribution in [3.63, 3.8) is 0 Å². The largest absolute Gasteiger partial charge is 0.352 e. The number of amides is 1. The monoisotopic (exact) mass is 220 g/mol. The number of hydrogen-bond acceptors (Lipinski definition) is 2. The lowest BCUT2D eigenvalue weighted by Crippen LogP contribution is -2.39. The molecule has 0 saturated heterocycles. The molecular weight excluding hydrogens is 200 g/mol. The summed E-state index contributed by atoms with van der Waals surface area (Å²) < 4.78 is 0. The van der Waals surface area contributed by atoms with Crippen molar-refractivity contribution >= 4 is 5.91 Å². The van der Waals surface area contributed by atoms with Crippen LogP contribution in [0.25, 0.3) is 0 Å². The van der Waals surface area contributed by atoms with Gasteiger partial charge in [0.15, 0.2) is 0 Å². The maximum atomic E-state index is 11.4. The van der Waals surface area contributed by atoms with Gasteiger partial charge in [-0.15, -0.1) is 0 Å². The van der Waals surface area contributed by atoms with Crippen LogP contribution in [0.4, 0.5) is 0 Å². The molecule has 16 heavy (non-hydrogen) atoms. The lowest BCUT2D eigenvalue weighted by atomic mass is 10.0. The molecular formula is C13H20N2O. The van der Waals surface area contributed by atoms with Crippen LogP contribution in [0.1, 0.15) is 18.1 Å². The minimum Gasteiger partial charge on any atom is -0.352 e. The van der Waals surface area contributed by atoms with Gasteiger partial charge >= 0.3 is 0 Å². The van der Waals surface area contributed by atoms with Crippen molar-refractivity contribution in [2.45, 2.75) is 26.3 Å². The number of rotatable bonds is 5. The van der Waals surface area contributed by atoms with E-state index in [-0.39, 0.29) is 11.9 Å². The second kappa shape index (κ2) is 6.28. The van der Waals surface area contributed by atoms with Crippen LogP contribution in [0.5, 0.6) is 0 Å². The van der Waals surface area contributed by atoms with Gasteiger partial charge in [0.2, 0.25) is 5.91 Å². The van der Waals surface area contributed by atoms with Crippen molar-refractivity contribution in [3.8, 4) is 0 Å². The first-order valence-corrected chi connectivity index (χ1v) is 5.62. The highest BCUT2D eigenvalue weighted by molar-refractivity contribution is 5.78. The van der Waals surface area contributed by atoms with E-state index in [1.54, 1.807) is 7.05 Å². The predicted molar refractivity (Wildman–Crippen MR) is 66.4 cm³/mol. The number of benzene rings is 1. The van der Waals surface area contributed by atoms with Gasteiger partial charge in [-0.05, 0) is 38.4 Å². The summed E-state index contributed by atoms with van der Waals surface area (Å²) in [7, 11) is 1.77. The maximum Gasteiger partial charge on any atom is 0.234 e. The Balaban J connectivity index is 2.48. The average Bonchev–Trinajstić information content (AvgIpc) is 2.21. The van der Waals surface area contributed by atoms with Crippen molar-refractivity contribution in [1.82, 2.24) is 10.6 Å². The molecule has 0 bridgehead atoms. The third kappa shape index (κ3) is 4.03. The molecule has 88 valence electrons. The van der Waals surface area contributed by atoms with E-state index in [0.717, 1.165) is 6.42 Å². The van der Waals surface area contributed by atoms with Crippen LogP contribution in [0.15, 0.2) is 24.3 Å². The molecule has 0 spiro atoms. The minimum absolute atomic E-state index is 0.0450. The average molecular weight is 220 g/mol. The van der Waals surface area contributed by atoms with Crippen LogP contribution in [-0.4, -0.2) is 25.5 Å². The molecule has 1 aromatic rings. The molecule has 0 aliphatic rings. The zero-order chi connectivity index (χ0) is 12.0. The quantitative estimate of drug-likeness (QED) is 0.784. The fourth-order valence-electron chi connectivity index (χ4n) is 1.71. The van der Waals surface area contributed by atoms with Gasteiger partial charge in [0, 0.05) is 6.04 Å². The molecule has 0 aromatic heterocycles. The van der Waals surface area contributed by atoms with E-state index in [2.05, 4.69) is 29.7 Å². The Morgan fingerprint density at radius 2 is 2.06 bits per heavy atom. The molecule has 0 saturated carbocycles. The lowest BCUT2D eigenvalue weighted by Gasteiger charge is -2.15. The minimum atomic E-state index is 0.0450. The SMILES string of the molecule is CNCC(=O)NC(C)Cc1ccccc1C. The Labute approximate surface area is 97.2 Å². The summed E-state index contributed by atoms with van der Waals surface area (Å²) in [5.74, 6) is 0.0450. The van der Waals surface area contributed by atoms with Crippen LogP contribution in [-0.2, 0) is 11.2 Å². The van der Waals surface area contributed by atoms with Crippen LogP contribution >= 0.6 is 0 Å². The zero-order valence-corrected chi connectivity index (χ0v) is 10.2. The molecule has 1 amide bonds.